The van der Waals surface area contributed by atoms with Gasteiger partial charge in [0.25, 0.3) is 16.8 Å². The monoisotopic (exact) mass is 416 g/mol. The van der Waals surface area contributed by atoms with Crippen LogP contribution in [0.25, 0.3) is 6.08 Å². The summed E-state index contributed by atoms with van der Waals surface area (Å²) in [6.07, 6.45) is 4.86. The minimum atomic E-state index is -0.516. The quantitative estimate of drug-likeness (QED) is 0.387. The lowest BCUT2D eigenvalue weighted by Crippen LogP contribution is -2.37. The third-order valence-corrected chi connectivity index (χ3v) is 4.88. The van der Waals surface area contributed by atoms with Crippen LogP contribution in [0.1, 0.15) is 12.0 Å². The van der Waals surface area contributed by atoms with Crippen molar-refractivity contribution < 1.29 is 19.3 Å². The first-order valence-electron chi connectivity index (χ1n) is 8.54. The summed E-state index contributed by atoms with van der Waals surface area (Å²) in [4.78, 5) is 47.8. The highest BCUT2D eigenvalue weighted by molar-refractivity contribution is 8.18. The molecule has 0 spiro atoms. The van der Waals surface area contributed by atoms with Crippen molar-refractivity contribution in [3.05, 3.63) is 57.2 Å². The van der Waals surface area contributed by atoms with E-state index in [2.05, 4.69) is 15.6 Å². The minimum absolute atomic E-state index is 0.0529. The van der Waals surface area contributed by atoms with Gasteiger partial charge >= 0.3 is 0 Å². The Labute approximate surface area is 168 Å². The maximum atomic E-state index is 12.4. The van der Waals surface area contributed by atoms with Crippen LogP contribution in [-0.4, -0.2) is 55.0 Å². The average molecular weight is 416 g/mol. The van der Waals surface area contributed by atoms with Gasteiger partial charge in [-0.2, -0.15) is 0 Å². The molecule has 1 aliphatic rings. The molecule has 11 nitrogen and oxygen atoms in total. The molecule has 0 aliphatic carbocycles. The summed E-state index contributed by atoms with van der Waals surface area (Å²) in [6.45, 7) is 0.571. The van der Waals surface area contributed by atoms with Crippen molar-refractivity contribution in [3.63, 3.8) is 0 Å². The number of carbonyl (C=O) groups is 3. The number of aryl methyl sites for hydroxylation is 1. The molecule has 29 heavy (non-hydrogen) atoms. The zero-order valence-electron chi connectivity index (χ0n) is 15.1. The van der Waals surface area contributed by atoms with Crippen molar-refractivity contribution >= 4 is 40.6 Å². The van der Waals surface area contributed by atoms with Crippen LogP contribution in [0.5, 0.6) is 0 Å². The Morgan fingerprint density at radius 3 is 2.66 bits per heavy atom. The maximum Gasteiger partial charge on any atom is 0.293 e. The van der Waals surface area contributed by atoms with Gasteiger partial charge < -0.3 is 5.32 Å². The van der Waals surface area contributed by atoms with Crippen molar-refractivity contribution in [1.82, 2.24) is 25.2 Å². The molecule has 2 aromatic rings. The molecule has 0 radical (unpaired) electrons. The van der Waals surface area contributed by atoms with Crippen LogP contribution in [0, 0.1) is 10.1 Å². The van der Waals surface area contributed by atoms with Gasteiger partial charge in [0.15, 0.2) is 0 Å². The van der Waals surface area contributed by atoms with E-state index in [1.165, 1.54) is 41.2 Å². The minimum Gasteiger partial charge on any atom is -0.354 e. The molecule has 1 N–H and O–H groups in total. The highest BCUT2D eigenvalue weighted by atomic mass is 32.2. The van der Waals surface area contributed by atoms with Gasteiger partial charge in [0.1, 0.15) is 0 Å². The van der Waals surface area contributed by atoms with Crippen LogP contribution in [-0.2, 0) is 16.1 Å². The van der Waals surface area contributed by atoms with E-state index in [1.807, 2.05) is 0 Å². The molecular weight excluding hydrogens is 400 g/mol. The van der Waals surface area contributed by atoms with Crippen molar-refractivity contribution in [2.75, 3.05) is 13.1 Å². The Kier molecular flexibility index (Phi) is 6.34. The number of hydrogen-bond acceptors (Lipinski definition) is 8. The third-order valence-electron chi connectivity index (χ3n) is 3.97. The summed E-state index contributed by atoms with van der Waals surface area (Å²) in [5.41, 5.74) is 0.511. The Morgan fingerprint density at radius 2 is 2.00 bits per heavy atom. The normalized spacial score (nSPS) is 15.2. The van der Waals surface area contributed by atoms with E-state index in [-0.39, 0.29) is 36.0 Å². The lowest BCUT2D eigenvalue weighted by atomic mass is 10.2. The number of benzene rings is 1. The summed E-state index contributed by atoms with van der Waals surface area (Å²) in [5, 5.41) is 20.3. The van der Waals surface area contributed by atoms with Gasteiger partial charge in [-0.25, -0.2) is 0 Å². The lowest BCUT2D eigenvalue weighted by Gasteiger charge is -2.13. The van der Waals surface area contributed by atoms with Gasteiger partial charge in [-0.15, -0.1) is 5.10 Å². The lowest BCUT2D eigenvalue weighted by molar-refractivity contribution is -0.384. The van der Waals surface area contributed by atoms with Crippen molar-refractivity contribution in [2.45, 2.75) is 13.0 Å². The first kappa shape index (κ1) is 20.2. The van der Waals surface area contributed by atoms with Crippen LogP contribution in [0.15, 0.2) is 41.6 Å². The number of imide groups is 1. The summed E-state index contributed by atoms with van der Waals surface area (Å²) in [7, 11) is 0. The third kappa shape index (κ3) is 5.25. The average Bonchev–Trinajstić information content (AvgIpc) is 3.30. The van der Waals surface area contributed by atoms with Crippen LogP contribution < -0.4 is 5.32 Å². The number of nitrogens with zero attached hydrogens (tertiary/aromatic N) is 5. The number of thioether (sulfide) groups is 1. The second kappa shape index (κ2) is 9.10. The molecule has 12 heteroatoms. The van der Waals surface area contributed by atoms with E-state index in [1.54, 1.807) is 6.20 Å². The van der Waals surface area contributed by atoms with E-state index in [4.69, 9.17) is 0 Å². The second-order valence-electron chi connectivity index (χ2n) is 5.95. The number of carbonyl (C=O) groups excluding carboxylic acids is 3. The number of nitro benzene ring substituents is 1. The number of non-ortho nitro benzene ring substituents is 1. The van der Waals surface area contributed by atoms with Gasteiger partial charge in [0, 0.05) is 37.8 Å². The molecule has 0 saturated carbocycles. The van der Waals surface area contributed by atoms with Gasteiger partial charge in [-0.1, -0.05) is 5.21 Å². The Morgan fingerprint density at radius 1 is 1.24 bits per heavy atom. The molecule has 0 unspecified atom stereocenters. The number of nitro groups is 1. The van der Waals surface area contributed by atoms with Crippen LogP contribution in [0.2, 0.25) is 0 Å². The summed E-state index contributed by atoms with van der Waals surface area (Å²) in [5.74, 6) is -0.691. The Bertz CT molecular complexity index is 957. The molecule has 0 atom stereocenters. The van der Waals surface area contributed by atoms with E-state index < -0.39 is 16.1 Å². The summed E-state index contributed by atoms with van der Waals surface area (Å²) < 4.78 is 1.53. The highest BCUT2D eigenvalue weighted by Crippen LogP contribution is 2.32. The number of amides is 3. The van der Waals surface area contributed by atoms with Gasteiger partial charge in [0.05, 0.1) is 22.6 Å². The molecule has 1 aromatic heterocycles. The SMILES string of the molecule is O=C(CCn1ccnn1)NCCN1C(=O)SC(=Cc2ccc([N+](=O)[O-])cc2)C1=O. The number of nitrogens with one attached hydrogen (secondary N) is 1. The Balaban J connectivity index is 1.50. The molecule has 1 fully saturated rings. The van der Waals surface area contributed by atoms with E-state index in [9.17, 15) is 24.5 Å². The fourth-order valence-electron chi connectivity index (χ4n) is 2.50. The zero-order chi connectivity index (χ0) is 20.8. The molecule has 150 valence electrons. The molecule has 1 aliphatic heterocycles. The first-order valence-corrected chi connectivity index (χ1v) is 9.36. The Hall–Kier alpha value is -3.54. The van der Waals surface area contributed by atoms with Gasteiger partial charge in [-0.3, -0.25) is 34.1 Å². The van der Waals surface area contributed by atoms with Crippen LogP contribution in [0.4, 0.5) is 10.5 Å². The summed E-state index contributed by atoms with van der Waals surface area (Å²) in [6, 6.07) is 5.65. The number of aromatic nitrogens is 3. The molecular formula is C17H16N6O5S. The van der Waals surface area contributed by atoms with Crippen LogP contribution >= 0.6 is 11.8 Å². The van der Waals surface area contributed by atoms with E-state index in [0.29, 0.717) is 12.1 Å². The fraction of sp³-hybridized carbons (Fsp3) is 0.235. The van der Waals surface area contributed by atoms with Crippen molar-refractivity contribution in [1.29, 1.82) is 0 Å². The summed E-state index contributed by atoms with van der Waals surface area (Å²) >= 11 is 0.788. The number of rotatable bonds is 8. The predicted molar refractivity (Wildman–Crippen MR) is 103 cm³/mol. The van der Waals surface area contributed by atoms with Crippen LogP contribution in [0.3, 0.4) is 0 Å². The molecule has 3 amide bonds. The molecule has 1 aromatic carbocycles. The molecule has 3 rings (SSSR count). The second-order valence-corrected chi connectivity index (χ2v) is 6.94. The highest BCUT2D eigenvalue weighted by Gasteiger charge is 2.34. The maximum absolute atomic E-state index is 12.4. The molecule has 0 bridgehead atoms. The first-order chi connectivity index (χ1) is 13.9. The van der Waals surface area contributed by atoms with E-state index in [0.717, 1.165) is 16.7 Å². The van der Waals surface area contributed by atoms with Gasteiger partial charge in [0.2, 0.25) is 5.91 Å². The van der Waals surface area contributed by atoms with E-state index >= 15 is 0 Å². The fourth-order valence-corrected chi connectivity index (χ4v) is 3.37. The molecule has 2 heterocycles. The largest absolute Gasteiger partial charge is 0.354 e. The smallest absolute Gasteiger partial charge is 0.293 e. The standard InChI is InChI=1S/C17H16N6O5S/c24-15(5-8-21-9-7-19-20-21)18-6-10-22-16(25)14(29-17(22)26)11-12-1-3-13(4-2-12)23(27)28/h1-4,7,9,11H,5-6,8,10H2,(H,18,24). The van der Waals surface area contributed by atoms with Crippen molar-refractivity contribution in [3.8, 4) is 0 Å². The number of hydrogen-bond donors (Lipinski definition) is 1. The van der Waals surface area contributed by atoms with Gasteiger partial charge in [-0.05, 0) is 35.5 Å². The topological polar surface area (TPSA) is 140 Å². The molecule has 1 saturated heterocycles. The zero-order valence-corrected chi connectivity index (χ0v) is 15.9. The predicted octanol–water partition coefficient (Wildman–Crippen LogP) is 1.43. The van der Waals surface area contributed by atoms with Crippen molar-refractivity contribution in [2.24, 2.45) is 0 Å².